The minimum Gasteiger partial charge on any atom is -0.370 e. The predicted molar refractivity (Wildman–Crippen MR) is 124 cm³/mol. The molecule has 0 saturated heterocycles. The van der Waals surface area contributed by atoms with Crippen molar-refractivity contribution < 1.29 is 14.3 Å². The van der Waals surface area contributed by atoms with Crippen LogP contribution in [0.25, 0.3) is 6.08 Å². The molecular formula is C28H34O3. The summed E-state index contributed by atoms with van der Waals surface area (Å²) >= 11 is 0. The summed E-state index contributed by atoms with van der Waals surface area (Å²) < 4.78 is 6.24. The first-order chi connectivity index (χ1) is 15.0. The first-order valence-electron chi connectivity index (χ1n) is 11.7. The number of Topliss-reactive ketones (excluding diaryl/α,β-unsaturated/α-hetero) is 1. The van der Waals surface area contributed by atoms with E-state index >= 15 is 0 Å². The summed E-state index contributed by atoms with van der Waals surface area (Å²) in [5.74, 6) is 2.15. The molecule has 0 radical (unpaired) electrons. The Labute approximate surface area is 186 Å². The Balaban J connectivity index is 1.52. The molecule has 0 aromatic heterocycles. The lowest BCUT2D eigenvalue weighted by Crippen LogP contribution is -2.44. The molecule has 0 heterocycles. The predicted octanol–water partition coefficient (Wildman–Crippen LogP) is 5.82. The molecular weight excluding hydrogens is 384 g/mol. The third-order valence-electron chi connectivity index (χ3n) is 7.94. The van der Waals surface area contributed by atoms with Gasteiger partial charge in [0.2, 0.25) is 0 Å². The standard InChI is InChI=1S/C28H34O3/c1-20-10-11-22(29)12-13-23(31-18-6-9-21-7-4-3-5-8-21)19-25-24(20)16-17-28(2)26(25)14-15-27(28)30/h3-13,20,23-26H,14-19H2,1-2H3. The van der Waals surface area contributed by atoms with Crippen molar-refractivity contribution in [3.63, 3.8) is 0 Å². The van der Waals surface area contributed by atoms with Crippen molar-refractivity contribution in [3.8, 4) is 0 Å². The molecule has 164 valence electrons. The van der Waals surface area contributed by atoms with E-state index in [1.54, 1.807) is 12.2 Å². The molecule has 0 N–H and O–H groups in total. The minimum absolute atomic E-state index is 0.0235. The number of carbonyl (C=O) groups is 2. The Hall–Kier alpha value is -2.26. The molecule has 1 aromatic rings. The Morgan fingerprint density at radius 3 is 2.65 bits per heavy atom. The fraction of sp³-hybridized carbons (Fsp3) is 0.500. The summed E-state index contributed by atoms with van der Waals surface area (Å²) in [5, 5.41) is 0. The van der Waals surface area contributed by atoms with Crippen LogP contribution in [-0.4, -0.2) is 24.3 Å². The number of carbonyl (C=O) groups excluding carboxylic acids is 2. The zero-order valence-electron chi connectivity index (χ0n) is 18.7. The molecule has 0 aliphatic heterocycles. The molecule has 3 nitrogen and oxygen atoms in total. The quantitative estimate of drug-likeness (QED) is 0.619. The molecule has 6 unspecified atom stereocenters. The summed E-state index contributed by atoms with van der Waals surface area (Å²) in [7, 11) is 0. The van der Waals surface area contributed by atoms with Crippen molar-refractivity contribution in [1.82, 2.24) is 0 Å². The second-order valence-electron chi connectivity index (χ2n) is 9.75. The molecule has 4 rings (SSSR count). The lowest BCUT2D eigenvalue weighted by molar-refractivity contribution is -0.130. The highest BCUT2D eigenvalue weighted by Crippen LogP contribution is 2.57. The van der Waals surface area contributed by atoms with Crippen LogP contribution in [0.5, 0.6) is 0 Å². The van der Waals surface area contributed by atoms with Gasteiger partial charge < -0.3 is 4.74 Å². The second kappa shape index (κ2) is 9.48. The number of hydrogen-bond donors (Lipinski definition) is 0. The lowest BCUT2D eigenvalue weighted by atomic mass is 9.56. The van der Waals surface area contributed by atoms with Gasteiger partial charge in [-0.05, 0) is 67.1 Å². The minimum atomic E-state index is -0.175. The van der Waals surface area contributed by atoms with Gasteiger partial charge in [0, 0.05) is 11.8 Å². The average Bonchev–Trinajstić information content (AvgIpc) is 3.08. The monoisotopic (exact) mass is 418 g/mol. The Kier molecular flexibility index (Phi) is 6.71. The summed E-state index contributed by atoms with van der Waals surface area (Å²) in [6, 6.07) is 10.2. The molecule has 6 atom stereocenters. The normalized spacial score (nSPS) is 35.9. The lowest BCUT2D eigenvalue weighted by Gasteiger charge is -2.48. The van der Waals surface area contributed by atoms with Gasteiger partial charge in [0.25, 0.3) is 0 Å². The van der Waals surface area contributed by atoms with Crippen molar-refractivity contribution in [2.75, 3.05) is 6.61 Å². The number of allylic oxidation sites excluding steroid dienone is 3. The fourth-order valence-electron chi connectivity index (χ4n) is 6.12. The molecule has 0 amide bonds. The van der Waals surface area contributed by atoms with E-state index in [-0.39, 0.29) is 17.3 Å². The van der Waals surface area contributed by atoms with E-state index in [1.165, 1.54) is 0 Å². The zero-order chi connectivity index (χ0) is 21.8. The van der Waals surface area contributed by atoms with Gasteiger partial charge in [-0.1, -0.05) is 68.5 Å². The van der Waals surface area contributed by atoms with Gasteiger partial charge >= 0.3 is 0 Å². The van der Waals surface area contributed by atoms with Gasteiger partial charge in [0.05, 0.1) is 12.7 Å². The molecule has 3 aliphatic carbocycles. The molecule has 1 aromatic carbocycles. The number of benzene rings is 1. The van der Waals surface area contributed by atoms with Crippen LogP contribution < -0.4 is 0 Å². The third-order valence-corrected chi connectivity index (χ3v) is 7.94. The SMILES string of the molecule is CC1C=CC(=O)C=CC(OCC=Cc2ccccc2)CC2C1CCC1(C)C(=O)CCC21. The highest BCUT2D eigenvalue weighted by molar-refractivity contribution is 5.99. The molecule has 2 saturated carbocycles. The Morgan fingerprint density at radius 2 is 1.84 bits per heavy atom. The van der Waals surface area contributed by atoms with Gasteiger partial charge in [0.15, 0.2) is 5.78 Å². The summed E-state index contributed by atoms with van der Waals surface area (Å²) in [4.78, 5) is 25.0. The van der Waals surface area contributed by atoms with E-state index in [2.05, 4.69) is 38.1 Å². The maximum absolute atomic E-state index is 12.7. The summed E-state index contributed by atoms with van der Waals surface area (Å²) in [6.45, 7) is 4.92. The second-order valence-corrected chi connectivity index (χ2v) is 9.75. The van der Waals surface area contributed by atoms with E-state index in [1.807, 2.05) is 30.4 Å². The van der Waals surface area contributed by atoms with E-state index in [4.69, 9.17) is 4.74 Å². The Morgan fingerprint density at radius 1 is 1.06 bits per heavy atom. The maximum atomic E-state index is 12.7. The van der Waals surface area contributed by atoms with Crippen molar-refractivity contribution in [3.05, 3.63) is 66.3 Å². The summed E-state index contributed by atoms with van der Waals surface area (Å²) in [5.41, 5.74) is 0.973. The van der Waals surface area contributed by atoms with Crippen LogP contribution in [-0.2, 0) is 14.3 Å². The highest BCUT2D eigenvalue weighted by Gasteiger charge is 2.54. The topological polar surface area (TPSA) is 43.4 Å². The van der Waals surface area contributed by atoms with Crippen molar-refractivity contribution in [2.24, 2.45) is 29.1 Å². The smallest absolute Gasteiger partial charge is 0.178 e. The molecule has 3 heteroatoms. The van der Waals surface area contributed by atoms with Crippen molar-refractivity contribution in [1.29, 1.82) is 0 Å². The largest absolute Gasteiger partial charge is 0.370 e. The van der Waals surface area contributed by atoms with Gasteiger partial charge in [-0.25, -0.2) is 0 Å². The molecule has 0 spiro atoms. The molecule has 3 aliphatic rings. The molecule has 31 heavy (non-hydrogen) atoms. The number of ketones is 2. The van der Waals surface area contributed by atoms with Crippen molar-refractivity contribution in [2.45, 2.75) is 52.1 Å². The summed E-state index contributed by atoms with van der Waals surface area (Å²) in [6.07, 6.45) is 16.0. The van der Waals surface area contributed by atoms with Crippen LogP contribution in [0.2, 0.25) is 0 Å². The van der Waals surface area contributed by atoms with Gasteiger partial charge in [-0.2, -0.15) is 0 Å². The third kappa shape index (κ3) is 4.82. The molecule has 0 bridgehead atoms. The zero-order valence-corrected chi connectivity index (χ0v) is 18.7. The van der Waals surface area contributed by atoms with E-state index in [9.17, 15) is 9.59 Å². The van der Waals surface area contributed by atoms with Crippen LogP contribution in [0.3, 0.4) is 0 Å². The molecule has 2 fully saturated rings. The van der Waals surface area contributed by atoms with Crippen LogP contribution in [0.1, 0.15) is 51.5 Å². The first-order valence-corrected chi connectivity index (χ1v) is 11.7. The number of rotatable bonds is 4. The number of fused-ring (bicyclic) bond motifs is 3. The average molecular weight is 419 g/mol. The van der Waals surface area contributed by atoms with Gasteiger partial charge in [0.1, 0.15) is 5.78 Å². The Bertz CT molecular complexity index is 881. The number of hydrogen-bond acceptors (Lipinski definition) is 3. The van der Waals surface area contributed by atoms with E-state index in [0.717, 1.165) is 31.2 Å². The van der Waals surface area contributed by atoms with Crippen LogP contribution >= 0.6 is 0 Å². The van der Waals surface area contributed by atoms with Crippen LogP contribution in [0.15, 0.2) is 60.7 Å². The van der Waals surface area contributed by atoms with E-state index < -0.39 is 0 Å². The fourth-order valence-corrected chi connectivity index (χ4v) is 6.12. The van der Waals surface area contributed by atoms with Crippen LogP contribution in [0, 0.1) is 29.1 Å². The van der Waals surface area contributed by atoms with Gasteiger partial charge in [-0.15, -0.1) is 0 Å². The van der Waals surface area contributed by atoms with Crippen LogP contribution in [0.4, 0.5) is 0 Å². The number of ether oxygens (including phenoxy) is 1. The highest BCUT2D eigenvalue weighted by atomic mass is 16.5. The van der Waals surface area contributed by atoms with Gasteiger partial charge in [-0.3, -0.25) is 9.59 Å². The van der Waals surface area contributed by atoms with E-state index in [0.29, 0.717) is 42.5 Å². The first kappa shape index (κ1) is 22.0. The maximum Gasteiger partial charge on any atom is 0.178 e. The van der Waals surface area contributed by atoms with Crippen molar-refractivity contribution >= 4 is 17.6 Å².